The van der Waals surface area contributed by atoms with E-state index in [0.717, 1.165) is 0 Å². The van der Waals surface area contributed by atoms with Gasteiger partial charge in [-0.1, -0.05) is 59.6 Å². The lowest BCUT2D eigenvalue weighted by Gasteiger charge is -2.17. The molecule has 30 heavy (non-hydrogen) atoms. The van der Waals surface area contributed by atoms with Crippen molar-refractivity contribution in [1.29, 1.82) is 0 Å². The lowest BCUT2D eigenvalue weighted by atomic mass is 10.1. The summed E-state index contributed by atoms with van der Waals surface area (Å²) in [6.45, 7) is 0. The van der Waals surface area contributed by atoms with Gasteiger partial charge in [0.15, 0.2) is 12.6 Å². The van der Waals surface area contributed by atoms with Gasteiger partial charge in [0.2, 0.25) is 19.7 Å². The van der Waals surface area contributed by atoms with Gasteiger partial charge in [-0.25, -0.2) is 16.8 Å². The second-order valence-electron chi connectivity index (χ2n) is 5.98. The predicted molar refractivity (Wildman–Crippen MR) is 111 cm³/mol. The summed E-state index contributed by atoms with van der Waals surface area (Å²) in [5.74, 6) is 0. The van der Waals surface area contributed by atoms with Crippen molar-refractivity contribution in [2.24, 2.45) is 0 Å². The number of carbonyl (C=O) groups is 2. The van der Waals surface area contributed by atoms with E-state index in [2.05, 4.69) is 0 Å². The van der Waals surface area contributed by atoms with E-state index in [4.69, 9.17) is 23.2 Å². The van der Waals surface area contributed by atoms with Gasteiger partial charge in [-0.2, -0.15) is 0 Å². The average molecular weight is 483 g/mol. The van der Waals surface area contributed by atoms with Gasteiger partial charge in [0.25, 0.3) is 0 Å². The molecule has 0 N–H and O–H groups in total. The van der Waals surface area contributed by atoms with E-state index in [1.807, 2.05) is 0 Å². The highest BCUT2D eigenvalue weighted by atomic mass is 35.5. The molecule has 0 aliphatic rings. The number of carbonyl (C=O) groups excluding carboxylic acids is 2. The maximum Gasteiger partial charge on any atom is 0.208 e. The largest absolute Gasteiger partial charge is 0.298 e. The molecule has 0 unspecified atom stereocenters. The van der Waals surface area contributed by atoms with Crippen molar-refractivity contribution in [2.75, 3.05) is 0 Å². The summed E-state index contributed by atoms with van der Waals surface area (Å²) >= 11 is 12.4. The minimum atomic E-state index is -4.40. The molecule has 0 atom stereocenters. The Morgan fingerprint density at radius 1 is 0.567 bits per heavy atom. The molecule has 0 amide bonds. The Balaban J connectivity index is 2.46. The van der Waals surface area contributed by atoms with Crippen LogP contribution in [0.4, 0.5) is 0 Å². The van der Waals surface area contributed by atoms with Crippen LogP contribution in [0, 0.1) is 0 Å². The second-order valence-corrected chi connectivity index (χ2v) is 10.5. The van der Waals surface area contributed by atoms with Crippen molar-refractivity contribution in [1.82, 2.24) is 0 Å². The van der Waals surface area contributed by atoms with E-state index in [-0.39, 0.29) is 22.4 Å². The van der Waals surface area contributed by atoms with Crippen molar-refractivity contribution >= 4 is 55.4 Å². The first-order valence-electron chi connectivity index (χ1n) is 8.23. The summed E-state index contributed by atoms with van der Waals surface area (Å²) < 4.78 is 52.5. The molecule has 10 heteroatoms. The highest BCUT2D eigenvalue weighted by molar-refractivity contribution is 7.92. The molecule has 0 spiro atoms. The Morgan fingerprint density at radius 2 is 0.867 bits per heavy atom. The summed E-state index contributed by atoms with van der Waals surface area (Å²) in [5.41, 5.74) is -1.30. The van der Waals surface area contributed by atoms with Crippen LogP contribution in [0.5, 0.6) is 0 Å². The number of aldehydes is 2. The number of rotatable bonds is 6. The third-order valence-electron chi connectivity index (χ3n) is 4.24. The SMILES string of the molecule is O=Cc1c(Cl)c(S(=O)(=O)c2ccccc2)c(C=O)c(Cl)c1S(=O)(=O)c1ccccc1. The zero-order valence-electron chi connectivity index (χ0n) is 15.0. The molecule has 6 nitrogen and oxygen atoms in total. The first kappa shape index (κ1) is 22.2. The molecule has 0 saturated carbocycles. The molecule has 0 radical (unpaired) electrons. The number of hydrogen-bond acceptors (Lipinski definition) is 6. The molecule has 0 bridgehead atoms. The summed E-state index contributed by atoms with van der Waals surface area (Å²) in [7, 11) is -8.79. The molecule has 3 aromatic carbocycles. The third kappa shape index (κ3) is 3.56. The lowest BCUT2D eigenvalue weighted by molar-refractivity contribution is 0.110. The van der Waals surface area contributed by atoms with Crippen LogP contribution < -0.4 is 0 Å². The molecule has 0 fully saturated rings. The molecule has 3 rings (SSSR count). The maximum atomic E-state index is 13.1. The predicted octanol–water partition coefficient (Wildman–Crippen LogP) is 4.28. The van der Waals surface area contributed by atoms with Gasteiger partial charge in [0.05, 0.1) is 31.0 Å². The van der Waals surface area contributed by atoms with Crippen molar-refractivity contribution in [3.05, 3.63) is 81.8 Å². The maximum absolute atomic E-state index is 13.1. The standard InChI is InChI=1S/C20H12Cl2O6S2/c21-17-16(12-24)20(30(27,28)14-9-5-2-6-10-14)18(22)15(11-23)19(17)29(25,26)13-7-3-1-4-8-13/h1-12H. The van der Waals surface area contributed by atoms with E-state index in [0.29, 0.717) is 0 Å². The highest BCUT2D eigenvalue weighted by Crippen LogP contribution is 2.42. The van der Waals surface area contributed by atoms with E-state index in [1.54, 1.807) is 12.1 Å². The Morgan fingerprint density at radius 3 is 1.13 bits per heavy atom. The van der Waals surface area contributed by atoms with Gasteiger partial charge < -0.3 is 0 Å². The average Bonchev–Trinajstić information content (AvgIpc) is 2.75. The number of halogens is 2. The van der Waals surface area contributed by atoms with E-state index >= 15 is 0 Å². The molecule has 0 saturated heterocycles. The minimum absolute atomic E-state index is 0.0998. The smallest absolute Gasteiger partial charge is 0.208 e. The molecule has 0 aromatic heterocycles. The molecule has 0 heterocycles. The molecular formula is C20H12Cl2O6S2. The Hall–Kier alpha value is -2.52. The normalized spacial score (nSPS) is 11.8. The van der Waals surface area contributed by atoms with Crippen LogP contribution in [0.25, 0.3) is 0 Å². The molecular weight excluding hydrogens is 471 g/mol. The number of hydrogen-bond donors (Lipinski definition) is 0. The fourth-order valence-electron chi connectivity index (χ4n) is 2.85. The van der Waals surface area contributed by atoms with Crippen LogP contribution in [0.3, 0.4) is 0 Å². The molecule has 3 aromatic rings. The first-order chi connectivity index (χ1) is 14.2. The zero-order chi connectivity index (χ0) is 22.1. The van der Waals surface area contributed by atoms with Crippen molar-refractivity contribution in [3.63, 3.8) is 0 Å². The van der Waals surface area contributed by atoms with Crippen molar-refractivity contribution in [2.45, 2.75) is 19.6 Å². The van der Waals surface area contributed by atoms with Gasteiger partial charge in [-0.05, 0) is 24.3 Å². The Kier molecular flexibility index (Phi) is 6.14. The van der Waals surface area contributed by atoms with Crippen LogP contribution >= 0.6 is 23.2 Å². The molecule has 0 aliphatic carbocycles. The van der Waals surface area contributed by atoms with E-state index in [1.165, 1.54) is 48.5 Å². The Bertz CT molecular complexity index is 1240. The van der Waals surface area contributed by atoms with Gasteiger partial charge in [0, 0.05) is 0 Å². The number of benzene rings is 3. The molecule has 154 valence electrons. The van der Waals surface area contributed by atoms with Gasteiger partial charge in [-0.3, -0.25) is 9.59 Å². The fraction of sp³-hybridized carbons (Fsp3) is 0. The monoisotopic (exact) mass is 482 g/mol. The van der Waals surface area contributed by atoms with E-state index < -0.39 is 50.6 Å². The van der Waals surface area contributed by atoms with Gasteiger partial charge in [0.1, 0.15) is 9.79 Å². The summed E-state index contributed by atoms with van der Waals surface area (Å²) in [6.07, 6.45) is 0.200. The van der Waals surface area contributed by atoms with E-state index in [9.17, 15) is 26.4 Å². The van der Waals surface area contributed by atoms with Crippen LogP contribution in [0.15, 0.2) is 80.2 Å². The fourth-order valence-corrected chi connectivity index (χ4v) is 7.13. The van der Waals surface area contributed by atoms with Crippen LogP contribution in [-0.4, -0.2) is 29.4 Å². The van der Waals surface area contributed by atoms with Crippen LogP contribution in [-0.2, 0) is 19.7 Å². The quantitative estimate of drug-likeness (QED) is 0.485. The molecule has 0 aliphatic heterocycles. The topological polar surface area (TPSA) is 102 Å². The third-order valence-corrected chi connectivity index (χ3v) is 8.96. The first-order valence-corrected chi connectivity index (χ1v) is 12.0. The Labute approximate surface area is 182 Å². The summed E-state index contributed by atoms with van der Waals surface area (Å²) in [5, 5.41) is -1.40. The van der Waals surface area contributed by atoms with Gasteiger partial charge in [-0.15, -0.1) is 0 Å². The van der Waals surface area contributed by atoms with Crippen molar-refractivity contribution in [3.8, 4) is 0 Å². The number of sulfone groups is 2. The lowest BCUT2D eigenvalue weighted by Crippen LogP contribution is -2.14. The van der Waals surface area contributed by atoms with Gasteiger partial charge >= 0.3 is 0 Å². The van der Waals surface area contributed by atoms with Crippen LogP contribution in [0.2, 0.25) is 10.0 Å². The second kappa shape index (κ2) is 8.31. The summed E-state index contributed by atoms with van der Waals surface area (Å²) in [6, 6.07) is 14.1. The zero-order valence-corrected chi connectivity index (χ0v) is 18.1. The van der Waals surface area contributed by atoms with Crippen molar-refractivity contribution < 1.29 is 26.4 Å². The minimum Gasteiger partial charge on any atom is -0.298 e. The van der Waals surface area contributed by atoms with Crippen LogP contribution in [0.1, 0.15) is 20.7 Å². The highest BCUT2D eigenvalue weighted by Gasteiger charge is 2.35. The summed E-state index contributed by atoms with van der Waals surface area (Å²) in [4.78, 5) is 21.7.